The van der Waals surface area contributed by atoms with Gasteiger partial charge in [-0.2, -0.15) is 0 Å². The van der Waals surface area contributed by atoms with Crippen LogP contribution in [0, 0.1) is 0 Å². The van der Waals surface area contributed by atoms with Crippen molar-refractivity contribution in [3.8, 4) is 11.3 Å². The van der Waals surface area contributed by atoms with Gasteiger partial charge in [-0.05, 0) is 54.8 Å². The monoisotopic (exact) mass is 400 g/mol. The third-order valence-corrected chi connectivity index (χ3v) is 5.80. The highest BCUT2D eigenvalue weighted by atomic mass is 16.2. The minimum Gasteiger partial charge on any atom is -0.354 e. The van der Waals surface area contributed by atoms with Crippen molar-refractivity contribution in [2.24, 2.45) is 0 Å². The average Bonchev–Trinajstić information content (AvgIpc) is 3.32. The van der Waals surface area contributed by atoms with Crippen LogP contribution in [0.15, 0.2) is 59.4 Å². The summed E-state index contributed by atoms with van der Waals surface area (Å²) in [4.78, 5) is 32.6. The number of para-hydroxylation sites is 1. The van der Waals surface area contributed by atoms with Gasteiger partial charge in [0.05, 0.1) is 11.3 Å². The number of pyridine rings is 1. The molecule has 6 nitrogen and oxygen atoms in total. The van der Waals surface area contributed by atoms with E-state index in [1.807, 2.05) is 36.4 Å². The Morgan fingerprint density at radius 3 is 2.63 bits per heavy atom. The summed E-state index contributed by atoms with van der Waals surface area (Å²) in [5, 5.41) is 5.11. The second-order valence-electron chi connectivity index (χ2n) is 8.20. The Hall–Kier alpha value is -3.38. The average molecular weight is 400 g/mol. The van der Waals surface area contributed by atoms with Crippen LogP contribution in [0.4, 0.5) is 0 Å². The molecule has 6 heteroatoms. The van der Waals surface area contributed by atoms with Gasteiger partial charge in [0.25, 0.3) is 5.56 Å². The number of benzene rings is 2. The summed E-state index contributed by atoms with van der Waals surface area (Å²) in [5.41, 5.74) is 4.40. The molecule has 2 aromatic carbocycles. The van der Waals surface area contributed by atoms with Crippen LogP contribution in [0.1, 0.15) is 18.4 Å². The molecule has 0 bridgehead atoms. The molecular formula is C24H24N4O2. The van der Waals surface area contributed by atoms with Crippen molar-refractivity contribution < 1.29 is 4.79 Å². The fourth-order valence-electron chi connectivity index (χ4n) is 4.34. The molecule has 1 unspecified atom stereocenters. The van der Waals surface area contributed by atoms with Gasteiger partial charge < -0.3 is 20.2 Å². The van der Waals surface area contributed by atoms with E-state index in [0.717, 1.165) is 47.0 Å². The van der Waals surface area contributed by atoms with E-state index in [1.54, 1.807) is 0 Å². The number of carbonyl (C=O) groups excluding carboxylic acids is 1. The molecule has 1 amide bonds. The van der Waals surface area contributed by atoms with Gasteiger partial charge in [-0.15, -0.1) is 0 Å². The molecule has 1 aliphatic heterocycles. The van der Waals surface area contributed by atoms with Gasteiger partial charge in [0.1, 0.15) is 0 Å². The Balaban J connectivity index is 1.39. The summed E-state index contributed by atoms with van der Waals surface area (Å²) in [5.74, 6) is 0.151. The first kappa shape index (κ1) is 18.6. The third-order valence-electron chi connectivity index (χ3n) is 5.80. The predicted molar refractivity (Wildman–Crippen MR) is 119 cm³/mol. The summed E-state index contributed by atoms with van der Waals surface area (Å²) in [7, 11) is 2.08. The Bertz CT molecular complexity index is 1300. The smallest absolute Gasteiger partial charge is 0.257 e. The first-order valence-corrected chi connectivity index (χ1v) is 10.3. The van der Waals surface area contributed by atoms with Crippen LogP contribution in [0.3, 0.4) is 0 Å². The minimum absolute atomic E-state index is 0.0983. The van der Waals surface area contributed by atoms with Crippen LogP contribution < -0.4 is 10.9 Å². The molecule has 152 valence electrons. The van der Waals surface area contributed by atoms with E-state index < -0.39 is 0 Å². The van der Waals surface area contributed by atoms with Gasteiger partial charge in [0.2, 0.25) is 5.91 Å². The van der Waals surface area contributed by atoms with Crippen molar-refractivity contribution in [2.45, 2.75) is 25.4 Å². The van der Waals surface area contributed by atoms with E-state index in [-0.39, 0.29) is 17.5 Å². The molecular weight excluding hydrogens is 376 g/mol. The van der Waals surface area contributed by atoms with E-state index in [0.29, 0.717) is 12.0 Å². The molecule has 30 heavy (non-hydrogen) atoms. The minimum atomic E-state index is -0.0983. The van der Waals surface area contributed by atoms with E-state index in [9.17, 15) is 9.59 Å². The number of fused-ring (bicyclic) bond motifs is 2. The molecule has 1 fully saturated rings. The van der Waals surface area contributed by atoms with Crippen LogP contribution in [-0.4, -0.2) is 40.4 Å². The lowest BCUT2D eigenvalue weighted by molar-refractivity contribution is -0.119. The number of carbonyl (C=O) groups is 1. The second kappa shape index (κ2) is 7.46. The molecule has 5 rings (SSSR count). The summed E-state index contributed by atoms with van der Waals surface area (Å²) in [6.45, 7) is 1.65. The molecule has 1 aliphatic rings. The Kier molecular flexibility index (Phi) is 4.64. The molecule has 0 aliphatic carbocycles. The van der Waals surface area contributed by atoms with Crippen LogP contribution >= 0.6 is 0 Å². The lowest BCUT2D eigenvalue weighted by Gasteiger charge is -2.20. The zero-order chi connectivity index (χ0) is 20.7. The van der Waals surface area contributed by atoms with E-state index in [2.05, 4.69) is 45.4 Å². The Morgan fingerprint density at radius 2 is 1.80 bits per heavy atom. The number of hydrogen-bond acceptors (Lipinski definition) is 3. The maximum Gasteiger partial charge on any atom is 0.257 e. The molecule has 0 radical (unpaired) electrons. The first-order chi connectivity index (χ1) is 14.5. The van der Waals surface area contributed by atoms with Gasteiger partial charge in [0.15, 0.2) is 0 Å². The molecule has 2 aromatic heterocycles. The standard InChI is InChI=1S/C24H24N4O2/c1-28(14-18-7-9-23(29)25-18)13-15-6-8-21-17(10-15)12-22(26-21)19-11-16-4-2-3-5-20(16)27-24(19)30/h2-6,8,10-12,18,26H,7,9,13-14H2,1H3,(H,25,29)(H,27,30). The topological polar surface area (TPSA) is 81.0 Å². The van der Waals surface area contributed by atoms with Crippen LogP contribution in [-0.2, 0) is 11.3 Å². The van der Waals surface area contributed by atoms with Crippen molar-refractivity contribution >= 4 is 27.7 Å². The first-order valence-electron chi connectivity index (χ1n) is 10.3. The molecule has 0 saturated carbocycles. The maximum absolute atomic E-state index is 12.6. The largest absolute Gasteiger partial charge is 0.354 e. The zero-order valence-electron chi connectivity index (χ0n) is 16.9. The van der Waals surface area contributed by atoms with Gasteiger partial charge in [-0.1, -0.05) is 24.3 Å². The van der Waals surface area contributed by atoms with Crippen molar-refractivity contribution in [1.82, 2.24) is 20.2 Å². The fraction of sp³-hybridized carbons (Fsp3) is 0.250. The highest BCUT2D eigenvalue weighted by Crippen LogP contribution is 2.25. The molecule has 1 atom stereocenters. The SMILES string of the molecule is CN(Cc1ccc2[nH]c(-c3cc4ccccc4[nH]c3=O)cc2c1)CC1CCC(=O)N1. The Morgan fingerprint density at radius 1 is 0.967 bits per heavy atom. The number of amides is 1. The number of nitrogens with one attached hydrogen (secondary N) is 3. The lowest BCUT2D eigenvalue weighted by atomic mass is 10.1. The number of aromatic amines is 2. The van der Waals surface area contributed by atoms with Gasteiger partial charge in [0, 0.05) is 42.0 Å². The van der Waals surface area contributed by atoms with Crippen LogP contribution in [0.5, 0.6) is 0 Å². The van der Waals surface area contributed by atoms with Crippen molar-refractivity contribution in [3.63, 3.8) is 0 Å². The molecule has 3 N–H and O–H groups in total. The normalized spacial score (nSPS) is 16.6. The van der Waals surface area contributed by atoms with Gasteiger partial charge >= 0.3 is 0 Å². The van der Waals surface area contributed by atoms with Gasteiger partial charge in [-0.25, -0.2) is 0 Å². The summed E-state index contributed by atoms with van der Waals surface area (Å²) < 4.78 is 0. The summed E-state index contributed by atoms with van der Waals surface area (Å²) in [6.07, 6.45) is 1.54. The fourth-order valence-corrected chi connectivity index (χ4v) is 4.34. The molecule has 3 heterocycles. The van der Waals surface area contributed by atoms with Crippen molar-refractivity contribution in [1.29, 1.82) is 0 Å². The third kappa shape index (κ3) is 3.62. The van der Waals surface area contributed by atoms with E-state index in [4.69, 9.17) is 0 Å². The van der Waals surface area contributed by atoms with Crippen LogP contribution in [0.2, 0.25) is 0 Å². The summed E-state index contributed by atoms with van der Waals surface area (Å²) in [6, 6.07) is 18.3. The quantitative estimate of drug-likeness (QED) is 0.480. The Labute approximate surface area is 173 Å². The number of hydrogen-bond donors (Lipinski definition) is 3. The number of nitrogens with zero attached hydrogens (tertiary/aromatic N) is 1. The second-order valence-corrected chi connectivity index (χ2v) is 8.20. The maximum atomic E-state index is 12.6. The van der Waals surface area contributed by atoms with Crippen LogP contribution in [0.25, 0.3) is 33.1 Å². The zero-order valence-corrected chi connectivity index (χ0v) is 16.9. The van der Waals surface area contributed by atoms with E-state index in [1.165, 1.54) is 5.56 Å². The highest BCUT2D eigenvalue weighted by Gasteiger charge is 2.21. The van der Waals surface area contributed by atoms with Crippen molar-refractivity contribution in [3.05, 3.63) is 70.5 Å². The van der Waals surface area contributed by atoms with Crippen molar-refractivity contribution in [2.75, 3.05) is 13.6 Å². The number of aromatic nitrogens is 2. The molecule has 4 aromatic rings. The number of likely N-dealkylation sites (N-methyl/N-ethyl adjacent to an activating group) is 1. The highest BCUT2D eigenvalue weighted by molar-refractivity contribution is 5.89. The molecule has 1 saturated heterocycles. The predicted octanol–water partition coefficient (Wildman–Crippen LogP) is 3.39. The molecule has 0 spiro atoms. The summed E-state index contributed by atoms with van der Waals surface area (Å²) >= 11 is 0. The van der Waals surface area contributed by atoms with Gasteiger partial charge in [-0.3, -0.25) is 9.59 Å². The van der Waals surface area contributed by atoms with E-state index >= 15 is 0 Å². The lowest BCUT2D eigenvalue weighted by Crippen LogP contribution is -2.36. The number of rotatable bonds is 5. The number of H-pyrrole nitrogens is 2.